The van der Waals surface area contributed by atoms with Crippen molar-refractivity contribution in [2.75, 3.05) is 33.3 Å². The molecule has 2 rings (SSSR count). The van der Waals surface area contributed by atoms with Crippen molar-refractivity contribution in [1.29, 1.82) is 0 Å². The van der Waals surface area contributed by atoms with Gasteiger partial charge in [-0.15, -0.1) is 24.8 Å². The number of halogens is 2. The maximum absolute atomic E-state index is 5.40. The number of ether oxygens (including phenoxy) is 1. The van der Waals surface area contributed by atoms with Crippen molar-refractivity contribution in [3.8, 4) is 5.75 Å². The number of aryl methyl sites for hydroxylation is 1. The molecule has 5 heteroatoms. The monoisotopic (exact) mass is 362 g/mol. The molecule has 1 aromatic rings. The molecule has 1 heterocycles. The molecule has 1 atom stereocenters. The lowest BCUT2D eigenvalue weighted by Gasteiger charge is -2.36. The van der Waals surface area contributed by atoms with Gasteiger partial charge < -0.3 is 10.1 Å². The summed E-state index contributed by atoms with van der Waals surface area (Å²) in [6, 6.07) is 7.22. The average Bonchev–Trinajstić information content (AvgIpc) is 2.48. The first kappa shape index (κ1) is 22.5. The maximum Gasteiger partial charge on any atom is 0.121 e. The lowest BCUT2D eigenvalue weighted by Crippen LogP contribution is -2.45. The quantitative estimate of drug-likeness (QED) is 0.819. The third-order valence-corrected chi connectivity index (χ3v) is 4.41. The van der Waals surface area contributed by atoms with Gasteiger partial charge in [0.2, 0.25) is 0 Å². The third kappa shape index (κ3) is 6.50. The smallest absolute Gasteiger partial charge is 0.121 e. The topological polar surface area (TPSA) is 24.5 Å². The first-order valence-corrected chi connectivity index (χ1v) is 8.21. The van der Waals surface area contributed by atoms with Crippen molar-refractivity contribution < 1.29 is 4.74 Å². The van der Waals surface area contributed by atoms with E-state index < -0.39 is 0 Å². The minimum absolute atomic E-state index is 0. The largest absolute Gasteiger partial charge is 0.496 e. The van der Waals surface area contributed by atoms with Crippen LogP contribution in [0.2, 0.25) is 0 Å². The number of piperazine rings is 1. The van der Waals surface area contributed by atoms with Crippen LogP contribution in [0, 0.1) is 12.8 Å². The first-order chi connectivity index (χ1) is 10.1. The highest BCUT2D eigenvalue weighted by atomic mass is 35.5. The molecule has 1 aliphatic rings. The number of methoxy groups -OCH3 is 1. The predicted molar refractivity (Wildman–Crippen MR) is 103 cm³/mol. The van der Waals surface area contributed by atoms with Gasteiger partial charge in [-0.05, 0) is 42.9 Å². The molecule has 0 saturated carbocycles. The van der Waals surface area contributed by atoms with E-state index in [4.69, 9.17) is 4.74 Å². The summed E-state index contributed by atoms with van der Waals surface area (Å²) in [6.45, 7) is 11.3. The van der Waals surface area contributed by atoms with Crippen molar-refractivity contribution in [3.05, 3.63) is 29.3 Å². The van der Waals surface area contributed by atoms with Crippen LogP contribution in [0.25, 0.3) is 0 Å². The van der Waals surface area contributed by atoms with E-state index >= 15 is 0 Å². The molecule has 3 nitrogen and oxygen atoms in total. The van der Waals surface area contributed by atoms with Crippen LogP contribution in [-0.2, 0) is 0 Å². The third-order valence-electron chi connectivity index (χ3n) is 4.41. The second-order valence-electron chi connectivity index (χ2n) is 6.50. The Bertz CT molecular complexity index is 449. The van der Waals surface area contributed by atoms with Crippen LogP contribution >= 0.6 is 24.8 Å². The minimum Gasteiger partial charge on any atom is -0.496 e. The molecule has 0 aliphatic carbocycles. The summed E-state index contributed by atoms with van der Waals surface area (Å²) in [7, 11) is 1.74. The molecule has 1 N–H and O–H groups in total. The first-order valence-electron chi connectivity index (χ1n) is 8.21. The van der Waals surface area contributed by atoms with Crippen LogP contribution in [0.4, 0.5) is 0 Å². The molecule has 0 aromatic heterocycles. The SMILES string of the molecule is COc1ccc([C@H](CCC(C)C)N2CCNCC2)cc1C.Cl.Cl. The molecule has 0 unspecified atom stereocenters. The van der Waals surface area contributed by atoms with Gasteiger partial charge in [0, 0.05) is 32.2 Å². The minimum atomic E-state index is 0. The maximum atomic E-state index is 5.40. The van der Waals surface area contributed by atoms with E-state index in [1.807, 2.05) is 0 Å². The molecule has 23 heavy (non-hydrogen) atoms. The van der Waals surface area contributed by atoms with E-state index in [1.54, 1.807) is 7.11 Å². The Morgan fingerprint density at radius 3 is 2.30 bits per heavy atom. The van der Waals surface area contributed by atoms with Gasteiger partial charge in [0.25, 0.3) is 0 Å². The summed E-state index contributed by atoms with van der Waals surface area (Å²) in [6.07, 6.45) is 2.52. The molecule has 134 valence electrons. The van der Waals surface area contributed by atoms with E-state index in [2.05, 4.69) is 49.2 Å². The van der Waals surface area contributed by atoms with Gasteiger partial charge in [-0.2, -0.15) is 0 Å². The molecule has 1 fully saturated rings. The molecule has 0 bridgehead atoms. The van der Waals surface area contributed by atoms with E-state index in [-0.39, 0.29) is 24.8 Å². The van der Waals surface area contributed by atoms with E-state index in [9.17, 15) is 0 Å². The van der Waals surface area contributed by atoms with Crippen molar-refractivity contribution in [2.24, 2.45) is 5.92 Å². The Balaban J connectivity index is 0.00000242. The van der Waals surface area contributed by atoms with Crippen LogP contribution in [0.3, 0.4) is 0 Å². The Hall–Kier alpha value is -0.480. The fourth-order valence-electron chi connectivity index (χ4n) is 3.15. The van der Waals surface area contributed by atoms with Gasteiger partial charge in [-0.1, -0.05) is 26.0 Å². The van der Waals surface area contributed by atoms with Gasteiger partial charge in [-0.3, -0.25) is 4.90 Å². The standard InChI is InChI=1S/C18H30N2O.2ClH/c1-14(2)5-7-17(20-11-9-19-10-12-20)16-6-8-18(21-4)15(3)13-16;;/h6,8,13-14,17,19H,5,7,9-12H2,1-4H3;2*1H/t17-;;/m0../s1. The lowest BCUT2D eigenvalue weighted by molar-refractivity contribution is 0.159. The molecular formula is C18H32Cl2N2O. The highest BCUT2D eigenvalue weighted by molar-refractivity contribution is 5.85. The number of nitrogens with one attached hydrogen (secondary N) is 1. The van der Waals surface area contributed by atoms with Crippen molar-refractivity contribution in [3.63, 3.8) is 0 Å². The van der Waals surface area contributed by atoms with E-state index in [1.165, 1.54) is 24.0 Å². The summed E-state index contributed by atoms with van der Waals surface area (Å²) >= 11 is 0. The van der Waals surface area contributed by atoms with Gasteiger partial charge in [0.1, 0.15) is 5.75 Å². The molecule has 0 spiro atoms. The Morgan fingerprint density at radius 1 is 1.13 bits per heavy atom. The van der Waals surface area contributed by atoms with Gasteiger partial charge >= 0.3 is 0 Å². The van der Waals surface area contributed by atoms with Crippen LogP contribution in [0.1, 0.15) is 43.9 Å². The Morgan fingerprint density at radius 2 is 1.78 bits per heavy atom. The highest BCUT2D eigenvalue weighted by Gasteiger charge is 2.22. The molecule has 1 aromatic carbocycles. The Labute approximate surface area is 154 Å². The average molecular weight is 363 g/mol. The van der Waals surface area contributed by atoms with Crippen LogP contribution in [0.5, 0.6) is 5.75 Å². The molecule has 1 aliphatic heterocycles. The number of hydrogen-bond acceptors (Lipinski definition) is 3. The van der Waals surface area contributed by atoms with Crippen molar-refractivity contribution in [1.82, 2.24) is 10.2 Å². The Kier molecular flexibility index (Phi) is 10.9. The summed E-state index contributed by atoms with van der Waals surface area (Å²) < 4.78 is 5.40. The molecule has 0 radical (unpaired) electrons. The lowest BCUT2D eigenvalue weighted by atomic mass is 9.94. The summed E-state index contributed by atoms with van der Waals surface area (Å²) in [4.78, 5) is 2.64. The fraction of sp³-hybridized carbons (Fsp3) is 0.667. The second kappa shape index (κ2) is 11.1. The normalized spacial score (nSPS) is 16.4. The van der Waals surface area contributed by atoms with E-state index in [0.29, 0.717) is 6.04 Å². The molecule has 0 amide bonds. The van der Waals surface area contributed by atoms with Gasteiger partial charge in [0.05, 0.1) is 7.11 Å². The number of benzene rings is 1. The van der Waals surface area contributed by atoms with E-state index in [0.717, 1.165) is 37.8 Å². The molecular weight excluding hydrogens is 331 g/mol. The number of hydrogen-bond donors (Lipinski definition) is 1. The zero-order valence-electron chi connectivity index (χ0n) is 14.8. The number of nitrogens with zero attached hydrogens (tertiary/aromatic N) is 1. The summed E-state index contributed by atoms with van der Waals surface area (Å²) in [5.74, 6) is 1.75. The van der Waals surface area contributed by atoms with Crippen LogP contribution in [-0.4, -0.2) is 38.2 Å². The van der Waals surface area contributed by atoms with Crippen LogP contribution in [0.15, 0.2) is 18.2 Å². The zero-order chi connectivity index (χ0) is 15.2. The second-order valence-corrected chi connectivity index (χ2v) is 6.50. The van der Waals surface area contributed by atoms with Gasteiger partial charge in [-0.25, -0.2) is 0 Å². The molecule has 1 saturated heterocycles. The van der Waals surface area contributed by atoms with Crippen LogP contribution < -0.4 is 10.1 Å². The highest BCUT2D eigenvalue weighted by Crippen LogP contribution is 2.30. The van der Waals surface area contributed by atoms with Gasteiger partial charge in [0.15, 0.2) is 0 Å². The number of rotatable bonds is 6. The summed E-state index contributed by atoms with van der Waals surface area (Å²) in [5.41, 5.74) is 2.68. The zero-order valence-corrected chi connectivity index (χ0v) is 16.4. The fourth-order valence-corrected chi connectivity index (χ4v) is 3.15. The predicted octanol–water partition coefficient (Wildman–Crippen LogP) is 4.23. The van der Waals surface area contributed by atoms with Crippen molar-refractivity contribution in [2.45, 2.75) is 39.7 Å². The summed E-state index contributed by atoms with van der Waals surface area (Å²) in [5, 5.41) is 3.45. The van der Waals surface area contributed by atoms with Crippen molar-refractivity contribution >= 4 is 24.8 Å².